The van der Waals surface area contributed by atoms with Crippen molar-refractivity contribution in [2.24, 2.45) is 0 Å². The van der Waals surface area contributed by atoms with Crippen molar-refractivity contribution in [3.63, 3.8) is 0 Å². The Balaban J connectivity index is 1.62. The minimum absolute atomic E-state index is 0.0687. The van der Waals surface area contributed by atoms with E-state index in [1.165, 1.54) is 29.5 Å². The molecule has 0 atom stereocenters. The van der Waals surface area contributed by atoms with Crippen LogP contribution in [0.3, 0.4) is 0 Å². The molecule has 0 spiro atoms. The minimum Gasteiger partial charge on any atom is -0.383 e. The first-order valence-electron chi connectivity index (χ1n) is 9.13. The van der Waals surface area contributed by atoms with E-state index >= 15 is 0 Å². The molecule has 9 heteroatoms. The van der Waals surface area contributed by atoms with Crippen LogP contribution in [0.1, 0.15) is 26.5 Å². The number of nitrogens with zero attached hydrogens (tertiary/aromatic N) is 4. The molecular weight excluding hydrogens is 401 g/mol. The Kier molecular flexibility index (Phi) is 6.28. The van der Waals surface area contributed by atoms with Gasteiger partial charge in [0.2, 0.25) is 0 Å². The highest BCUT2D eigenvalue weighted by Crippen LogP contribution is 2.30. The first-order chi connectivity index (χ1) is 13.6. The van der Waals surface area contributed by atoms with E-state index in [2.05, 4.69) is 14.8 Å². The highest BCUT2D eigenvalue weighted by Gasteiger charge is 2.30. The SMILES string of the molecule is Cc1nc(N2CCN(Cc3ccc(C(F)(F)F)cc3)C2)sc1C(=O)/C=C/N(C)C. The number of benzene rings is 1. The van der Waals surface area contributed by atoms with Crippen LogP contribution in [0.25, 0.3) is 0 Å². The Morgan fingerprint density at radius 1 is 1.24 bits per heavy atom. The van der Waals surface area contributed by atoms with Crippen LogP contribution in [0.4, 0.5) is 18.3 Å². The van der Waals surface area contributed by atoms with Crippen molar-refractivity contribution < 1.29 is 18.0 Å². The summed E-state index contributed by atoms with van der Waals surface area (Å²) in [6.45, 7) is 4.55. The summed E-state index contributed by atoms with van der Waals surface area (Å²) in [6, 6.07) is 5.28. The van der Waals surface area contributed by atoms with Gasteiger partial charge in [0.15, 0.2) is 10.9 Å². The van der Waals surface area contributed by atoms with Gasteiger partial charge in [0.05, 0.1) is 22.8 Å². The number of rotatable bonds is 6. The first kappa shape index (κ1) is 21.3. The molecule has 0 amide bonds. The number of carbonyl (C=O) groups is 1. The van der Waals surface area contributed by atoms with Gasteiger partial charge in [-0.05, 0) is 24.6 Å². The summed E-state index contributed by atoms with van der Waals surface area (Å²) in [4.78, 5) is 23.6. The van der Waals surface area contributed by atoms with Crippen LogP contribution < -0.4 is 4.90 Å². The van der Waals surface area contributed by atoms with Crippen molar-refractivity contribution in [1.29, 1.82) is 0 Å². The average Bonchev–Trinajstić information content (AvgIpc) is 3.26. The number of halogens is 3. The number of hydrogen-bond donors (Lipinski definition) is 0. The zero-order valence-electron chi connectivity index (χ0n) is 16.5. The molecule has 0 bridgehead atoms. The number of alkyl halides is 3. The van der Waals surface area contributed by atoms with Gasteiger partial charge in [-0.2, -0.15) is 13.2 Å². The standard InChI is InChI=1S/C20H23F3N4OS/c1-14-18(17(28)8-9-25(2)3)29-19(24-14)27-11-10-26(13-27)12-15-4-6-16(7-5-15)20(21,22)23/h4-9H,10-13H2,1-3H3/b9-8+. The lowest BCUT2D eigenvalue weighted by atomic mass is 10.1. The van der Waals surface area contributed by atoms with Crippen molar-refractivity contribution in [3.8, 4) is 0 Å². The van der Waals surface area contributed by atoms with E-state index in [9.17, 15) is 18.0 Å². The second kappa shape index (κ2) is 8.54. The molecular formula is C20H23F3N4OS. The third kappa shape index (κ3) is 5.36. The Morgan fingerprint density at radius 3 is 2.55 bits per heavy atom. The first-order valence-corrected chi connectivity index (χ1v) is 9.95. The predicted molar refractivity (Wildman–Crippen MR) is 108 cm³/mol. The van der Waals surface area contributed by atoms with Gasteiger partial charge in [0, 0.05) is 46.0 Å². The summed E-state index contributed by atoms with van der Waals surface area (Å²) in [7, 11) is 3.70. The molecule has 1 aromatic carbocycles. The molecule has 0 N–H and O–H groups in total. The van der Waals surface area contributed by atoms with Crippen LogP contribution in [0.2, 0.25) is 0 Å². The lowest BCUT2D eigenvalue weighted by molar-refractivity contribution is -0.137. The Hall–Kier alpha value is -2.39. The van der Waals surface area contributed by atoms with Gasteiger partial charge in [-0.3, -0.25) is 9.69 Å². The highest BCUT2D eigenvalue weighted by atomic mass is 32.1. The van der Waals surface area contributed by atoms with Gasteiger partial charge in [0.25, 0.3) is 0 Å². The van der Waals surface area contributed by atoms with E-state index < -0.39 is 11.7 Å². The molecule has 156 valence electrons. The number of ketones is 1. The molecule has 1 aliphatic rings. The minimum atomic E-state index is -4.32. The smallest absolute Gasteiger partial charge is 0.383 e. The molecule has 1 aromatic heterocycles. The molecule has 5 nitrogen and oxygen atoms in total. The number of carbonyl (C=O) groups excluding carboxylic acids is 1. The maximum atomic E-state index is 12.7. The lowest BCUT2D eigenvalue weighted by Gasteiger charge is -2.17. The van der Waals surface area contributed by atoms with E-state index in [0.717, 1.165) is 35.9 Å². The molecule has 2 aromatic rings. The van der Waals surface area contributed by atoms with Crippen LogP contribution in [-0.4, -0.2) is 54.4 Å². The van der Waals surface area contributed by atoms with E-state index in [1.807, 2.05) is 21.0 Å². The van der Waals surface area contributed by atoms with Gasteiger partial charge in [-0.1, -0.05) is 23.5 Å². The summed E-state index contributed by atoms with van der Waals surface area (Å²) in [5.41, 5.74) is 0.905. The van der Waals surface area contributed by atoms with Crippen molar-refractivity contribution in [2.75, 3.05) is 38.8 Å². The lowest BCUT2D eigenvalue weighted by Crippen LogP contribution is -2.24. The van der Waals surface area contributed by atoms with E-state index in [4.69, 9.17) is 0 Å². The molecule has 0 saturated carbocycles. The molecule has 0 unspecified atom stereocenters. The number of anilines is 1. The fraction of sp³-hybridized carbons (Fsp3) is 0.400. The van der Waals surface area contributed by atoms with E-state index in [-0.39, 0.29) is 5.78 Å². The molecule has 1 saturated heterocycles. The Bertz CT molecular complexity index is 890. The van der Waals surface area contributed by atoms with Crippen molar-refractivity contribution in [3.05, 3.63) is 58.2 Å². The summed E-state index contributed by atoms with van der Waals surface area (Å²) < 4.78 is 38.1. The molecule has 1 fully saturated rings. The second-order valence-electron chi connectivity index (χ2n) is 7.21. The fourth-order valence-corrected chi connectivity index (χ4v) is 4.03. The van der Waals surface area contributed by atoms with Crippen LogP contribution in [0.5, 0.6) is 0 Å². The molecule has 1 aliphatic heterocycles. The normalized spacial score (nSPS) is 15.4. The highest BCUT2D eigenvalue weighted by molar-refractivity contribution is 7.17. The van der Waals surface area contributed by atoms with Gasteiger partial charge in [-0.25, -0.2) is 4.98 Å². The van der Waals surface area contributed by atoms with Crippen molar-refractivity contribution >= 4 is 22.3 Å². The van der Waals surface area contributed by atoms with Crippen LogP contribution in [0, 0.1) is 6.92 Å². The summed E-state index contributed by atoms with van der Waals surface area (Å²) in [5, 5.41) is 0.791. The van der Waals surface area contributed by atoms with Crippen LogP contribution in [-0.2, 0) is 12.7 Å². The molecule has 29 heavy (non-hydrogen) atoms. The monoisotopic (exact) mass is 424 g/mol. The third-order valence-corrected chi connectivity index (χ3v) is 5.78. The maximum absolute atomic E-state index is 12.7. The fourth-order valence-electron chi connectivity index (χ4n) is 3.03. The number of aromatic nitrogens is 1. The predicted octanol–water partition coefficient (Wildman–Crippen LogP) is 4.01. The molecule has 0 aliphatic carbocycles. The summed E-state index contributed by atoms with van der Waals surface area (Å²) in [5.74, 6) is -0.0687. The molecule has 0 radical (unpaired) electrons. The number of thiazole rings is 1. The van der Waals surface area contributed by atoms with Gasteiger partial charge < -0.3 is 9.80 Å². The van der Waals surface area contributed by atoms with E-state index in [0.29, 0.717) is 23.8 Å². The maximum Gasteiger partial charge on any atom is 0.416 e. The van der Waals surface area contributed by atoms with Gasteiger partial charge >= 0.3 is 6.18 Å². The Labute approximate surface area is 172 Å². The molecule has 3 rings (SSSR count). The zero-order chi connectivity index (χ0) is 21.2. The van der Waals surface area contributed by atoms with Crippen molar-refractivity contribution in [2.45, 2.75) is 19.6 Å². The second-order valence-corrected chi connectivity index (χ2v) is 8.18. The third-order valence-electron chi connectivity index (χ3n) is 4.55. The largest absolute Gasteiger partial charge is 0.416 e. The molecule has 2 heterocycles. The van der Waals surface area contributed by atoms with Crippen LogP contribution in [0.15, 0.2) is 36.5 Å². The van der Waals surface area contributed by atoms with Crippen LogP contribution >= 0.6 is 11.3 Å². The van der Waals surface area contributed by atoms with Gasteiger partial charge in [-0.15, -0.1) is 0 Å². The number of aryl methyl sites for hydroxylation is 1. The summed E-state index contributed by atoms with van der Waals surface area (Å²) in [6.07, 6.45) is -1.07. The quantitative estimate of drug-likeness (QED) is 0.518. The summed E-state index contributed by atoms with van der Waals surface area (Å²) >= 11 is 1.37. The number of allylic oxidation sites excluding steroid dienone is 1. The van der Waals surface area contributed by atoms with Crippen molar-refractivity contribution in [1.82, 2.24) is 14.8 Å². The van der Waals surface area contributed by atoms with Gasteiger partial charge in [0.1, 0.15) is 0 Å². The van der Waals surface area contributed by atoms with E-state index in [1.54, 1.807) is 11.1 Å². The number of hydrogen-bond acceptors (Lipinski definition) is 6. The topological polar surface area (TPSA) is 39.7 Å². The Morgan fingerprint density at radius 2 is 1.93 bits per heavy atom. The average molecular weight is 424 g/mol. The zero-order valence-corrected chi connectivity index (χ0v) is 17.3.